The Labute approximate surface area is 170 Å². The van der Waals surface area contributed by atoms with Gasteiger partial charge in [-0.1, -0.05) is 31.0 Å². The van der Waals surface area contributed by atoms with E-state index in [1.165, 1.54) is 12.8 Å². The molecular weight excluding hydrogens is 376 g/mol. The monoisotopic (exact) mass is 402 g/mol. The van der Waals surface area contributed by atoms with E-state index in [1.54, 1.807) is 23.9 Å². The van der Waals surface area contributed by atoms with Crippen molar-refractivity contribution in [2.45, 2.75) is 38.6 Å². The standard InChI is InChI=1S/C21H27ClN4O2/c1-3-7-18(24-21(28)19-12-15(22)14-25(19)2)20(27)23-16-8-6-9-17(13-16)26-10-4-5-11-26/h6,8-9,12-14,18H,3-5,7,10-11H2,1-2H3,(H,23,27)(H,24,28). The predicted molar refractivity (Wildman–Crippen MR) is 113 cm³/mol. The third-order valence-electron chi connectivity index (χ3n) is 4.99. The Kier molecular flexibility index (Phi) is 6.62. The van der Waals surface area contributed by atoms with Crippen LogP contribution in [0.25, 0.3) is 0 Å². The van der Waals surface area contributed by atoms with Crippen molar-refractivity contribution in [1.29, 1.82) is 0 Å². The molecule has 1 unspecified atom stereocenters. The van der Waals surface area contributed by atoms with Crippen molar-refractivity contribution in [3.05, 3.63) is 47.2 Å². The van der Waals surface area contributed by atoms with Crippen molar-refractivity contribution in [1.82, 2.24) is 9.88 Å². The van der Waals surface area contributed by atoms with Gasteiger partial charge in [0.15, 0.2) is 0 Å². The summed E-state index contributed by atoms with van der Waals surface area (Å²) in [7, 11) is 1.75. The van der Waals surface area contributed by atoms with Crippen LogP contribution in [0.3, 0.4) is 0 Å². The Morgan fingerprint density at radius 1 is 1.21 bits per heavy atom. The molecule has 1 aliphatic rings. The molecule has 3 rings (SSSR count). The van der Waals surface area contributed by atoms with Crippen LogP contribution in [0, 0.1) is 0 Å². The summed E-state index contributed by atoms with van der Waals surface area (Å²) in [6, 6.07) is 8.86. The number of benzene rings is 1. The van der Waals surface area contributed by atoms with Crippen LogP contribution < -0.4 is 15.5 Å². The lowest BCUT2D eigenvalue weighted by Gasteiger charge is -2.20. The zero-order valence-electron chi connectivity index (χ0n) is 16.4. The number of hydrogen-bond donors (Lipinski definition) is 2. The van der Waals surface area contributed by atoms with Gasteiger partial charge < -0.3 is 20.1 Å². The molecule has 0 spiro atoms. The van der Waals surface area contributed by atoms with Gasteiger partial charge in [0, 0.05) is 37.7 Å². The number of carbonyl (C=O) groups is 2. The number of nitrogens with zero attached hydrogens (tertiary/aromatic N) is 2. The normalized spacial score (nSPS) is 14.8. The number of aromatic nitrogens is 1. The quantitative estimate of drug-likeness (QED) is 0.739. The van der Waals surface area contributed by atoms with Crippen LogP contribution in [-0.4, -0.2) is 35.5 Å². The predicted octanol–water partition coefficient (Wildman–Crippen LogP) is 3.82. The van der Waals surface area contributed by atoms with E-state index in [-0.39, 0.29) is 11.8 Å². The molecule has 2 amide bonds. The summed E-state index contributed by atoms with van der Waals surface area (Å²) in [6.07, 6.45) is 5.39. The highest BCUT2D eigenvalue weighted by molar-refractivity contribution is 6.31. The molecule has 1 saturated heterocycles. The molecule has 0 radical (unpaired) electrons. The van der Waals surface area contributed by atoms with Crippen LogP contribution in [0.15, 0.2) is 36.5 Å². The van der Waals surface area contributed by atoms with Crippen LogP contribution in [0.4, 0.5) is 11.4 Å². The first-order valence-corrected chi connectivity index (χ1v) is 10.1. The summed E-state index contributed by atoms with van der Waals surface area (Å²) in [5, 5.41) is 6.28. The molecule has 28 heavy (non-hydrogen) atoms. The Bertz CT molecular complexity index is 843. The van der Waals surface area contributed by atoms with E-state index in [9.17, 15) is 9.59 Å². The fourth-order valence-electron chi connectivity index (χ4n) is 3.52. The molecule has 2 aromatic rings. The number of anilines is 2. The number of aryl methyl sites for hydroxylation is 1. The summed E-state index contributed by atoms with van der Waals surface area (Å²) < 4.78 is 1.65. The van der Waals surface area contributed by atoms with Crippen LogP contribution in [0.1, 0.15) is 43.1 Å². The fraction of sp³-hybridized carbons (Fsp3) is 0.429. The Hall–Kier alpha value is -2.47. The first-order chi connectivity index (χ1) is 13.5. The highest BCUT2D eigenvalue weighted by Crippen LogP contribution is 2.23. The number of amides is 2. The van der Waals surface area contributed by atoms with Gasteiger partial charge in [-0.25, -0.2) is 0 Å². The molecule has 0 bridgehead atoms. The number of rotatable bonds is 7. The van der Waals surface area contributed by atoms with E-state index < -0.39 is 6.04 Å². The molecular formula is C21H27ClN4O2. The maximum absolute atomic E-state index is 12.8. The number of carbonyl (C=O) groups excluding carboxylic acids is 2. The van der Waals surface area contributed by atoms with Crippen LogP contribution >= 0.6 is 11.6 Å². The van der Waals surface area contributed by atoms with Crippen molar-refractivity contribution in [3.63, 3.8) is 0 Å². The van der Waals surface area contributed by atoms with E-state index in [4.69, 9.17) is 11.6 Å². The second-order valence-electron chi connectivity index (χ2n) is 7.20. The zero-order valence-corrected chi connectivity index (χ0v) is 17.1. The molecule has 2 heterocycles. The molecule has 2 N–H and O–H groups in total. The van der Waals surface area contributed by atoms with E-state index in [1.807, 2.05) is 25.1 Å². The lowest BCUT2D eigenvalue weighted by molar-refractivity contribution is -0.118. The van der Waals surface area contributed by atoms with Gasteiger partial charge in [-0.2, -0.15) is 0 Å². The Morgan fingerprint density at radius 2 is 1.96 bits per heavy atom. The highest BCUT2D eigenvalue weighted by atomic mass is 35.5. The van der Waals surface area contributed by atoms with Gasteiger partial charge in [-0.15, -0.1) is 0 Å². The minimum absolute atomic E-state index is 0.214. The molecule has 0 aliphatic carbocycles. The van der Waals surface area contributed by atoms with Crippen LogP contribution in [-0.2, 0) is 11.8 Å². The van der Waals surface area contributed by atoms with Crippen LogP contribution in [0.2, 0.25) is 5.02 Å². The number of hydrogen-bond acceptors (Lipinski definition) is 3. The molecule has 1 aromatic carbocycles. The summed E-state index contributed by atoms with van der Waals surface area (Å²) >= 11 is 5.96. The first-order valence-electron chi connectivity index (χ1n) is 9.76. The first kappa shape index (κ1) is 20.3. The second-order valence-corrected chi connectivity index (χ2v) is 7.64. The third kappa shape index (κ3) is 4.87. The van der Waals surface area contributed by atoms with Crippen molar-refractivity contribution in [2.24, 2.45) is 7.05 Å². The molecule has 1 fully saturated rings. The van der Waals surface area contributed by atoms with E-state index in [0.717, 1.165) is 30.9 Å². The second kappa shape index (κ2) is 9.15. The fourth-order valence-corrected chi connectivity index (χ4v) is 3.77. The number of halogens is 1. The molecule has 7 heteroatoms. The molecule has 0 saturated carbocycles. The molecule has 1 aromatic heterocycles. The third-order valence-corrected chi connectivity index (χ3v) is 5.19. The van der Waals surface area contributed by atoms with Crippen LogP contribution in [0.5, 0.6) is 0 Å². The average Bonchev–Trinajstić information content (AvgIpc) is 3.31. The van der Waals surface area contributed by atoms with Crippen molar-refractivity contribution >= 4 is 34.8 Å². The maximum atomic E-state index is 12.8. The largest absolute Gasteiger partial charge is 0.371 e. The molecule has 6 nitrogen and oxygen atoms in total. The van der Waals surface area contributed by atoms with Gasteiger partial charge in [0.25, 0.3) is 5.91 Å². The lowest BCUT2D eigenvalue weighted by Crippen LogP contribution is -2.44. The summed E-state index contributed by atoms with van der Waals surface area (Å²) in [5.41, 5.74) is 2.28. The van der Waals surface area contributed by atoms with E-state index >= 15 is 0 Å². The smallest absolute Gasteiger partial charge is 0.268 e. The maximum Gasteiger partial charge on any atom is 0.268 e. The summed E-state index contributed by atoms with van der Waals surface area (Å²) in [4.78, 5) is 27.7. The molecule has 150 valence electrons. The summed E-state index contributed by atoms with van der Waals surface area (Å²) in [5.74, 6) is -0.525. The highest BCUT2D eigenvalue weighted by Gasteiger charge is 2.22. The van der Waals surface area contributed by atoms with Gasteiger partial charge in [0.2, 0.25) is 5.91 Å². The minimum Gasteiger partial charge on any atom is -0.371 e. The van der Waals surface area contributed by atoms with Crippen molar-refractivity contribution in [2.75, 3.05) is 23.3 Å². The number of nitrogens with one attached hydrogen (secondary N) is 2. The van der Waals surface area contributed by atoms with E-state index in [0.29, 0.717) is 17.1 Å². The zero-order chi connectivity index (χ0) is 20.1. The Morgan fingerprint density at radius 3 is 2.61 bits per heavy atom. The van der Waals surface area contributed by atoms with Gasteiger partial charge in [0.1, 0.15) is 11.7 Å². The lowest BCUT2D eigenvalue weighted by atomic mass is 10.1. The Balaban J connectivity index is 1.68. The molecule has 1 aliphatic heterocycles. The van der Waals surface area contributed by atoms with Gasteiger partial charge in [0.05, 0.1) is 5.02 Å². The topological polar surface area (TPSA) is 66.4 Å². The van der Waals surface area contributed by atoms with Crippen molar-refractivity contribution < 1.29 is 9.59 Å². The minimum atomic E-state index is -0.610. The average molecular weight is 403 g/mol. The van der Waals surface area contributed by atoms with Crippen molar-refractivity contribution in [3.8, 4) is 0 Å². The van der Waals surface area contributed by atoms with Gasteiger partial charge in [-0.3, -0.25) is 9.59 Å². The summed E-state index contributed by atoms with van der Waals surface area (Å²) in [6.45, 7) is 4.08. The van der Waals surface area contributed by atoms with Gasteiger partial charge >= 0.3 is 0 Å². The molecule has 1 atom stereocenters. The SMILES string of the molecule is CCCC(NC(=O)c1cc(Cl)cn1C)C(=O)Nc1cccc(N2CCCC2)c1. The van der Waals surface area contributed by atoms with Gasteiger partial charge in [-0.05, 0) is 43.5 Å². The van der Waals surface area contributed by atoms with E-state index in [2.05, 4.69) is 21.6 Å².